The fourth-order valence-electron chi connectivity index (χ4n) is 3.57. The molecule has 0 spiro atoms. The molecule has 1 N–H and O–H groups in total. The van der Waals surface area contributed by atoms with Crippen molar-refractivity contribution in [3.63, 3.8) is 0 Å². The van der Waals surface area contributed by atoms with Crippen LogP contribution in [-0.4, -0.2) is 44.9 Å². The molecule has 0 aliphatic heterocycles. The van der Waals surface area contributed by atoms with Crippen LogP contribution < -0.4 is 5.32 Å². The van der Waals surface area contributed by atoms with Crippen LogP contribution >= 0.6 is 23.1 Å². The molecule has 1 aliphatic rings. The number of nitrogens with zero attached hydrogens (tertiary/aromatic N) is 4. The van der Waals surface area contributed by atoms with Crippen LogP contribution in [0.25, 0.3) is 5.69 Å². The van der Waals surface area contributed by atoms with Gasteiger partial charge in [0.15, 0.2) is 0 Å². The number of carbonyl (C=O) groups excluding carboxylic acids is 2. The number of anilines is 1. The van der Waals surface area contributed by atoms with Gasteiger partial charge < -0.3 is 10.1 Å². The quantitative estimate of drug-likeness (QED) is 0.427. The number of thiophene rings is 1. The molecule has 1 amide bonds. The lowest BCUT2D eigenvalue weighted by molar-refractivity contribution is -0.113. The van der Waals surface area contributed by atoms with E-state index in [0.717, 1.165) is 48.2 Å². The van der Waals surface area contributed by atoms with Gasteiger partial charge in [0.2, 0.25) is 11.1 Å². The molecule has 0 unspecified atom stereocenters. The van der Waals surface area contributed by atoms with Crippen molar-refractivity contribution in [2.45, 2.75) is 44.2 Å². The van der Waals surface area contributed by atoms with Gasteiger partial charge in [-0.15, -0.1) is 16.4 Å². The Morgan fingerprint density at radius 2 is 2.00 bits per heavy atom. The fourth-order valence-corrected chi connectivity index (χ4v) is 5.55. The molecular formula is C21H23N5O3S2. The van der Waals surface area contributed by atoms with Crippen LogP contribution in [0.3, 0.4) is 0 Å². The molecule has 4 rings (SSSR count). The molecule has 10 heteroatoms. The molecule has 2 heterocycles. The van der Waals surface area contributed by atoms with Crippen molar-refractivity contribution in [2.24, 2.45) is 0 Å². The number of amides is 1. The number of esters is 1. The molecule has 2 aromatic heterocycles. The number of rotatable bonds is 7. The molecule has 162 valence electrons. The number of hydrogen-bond acceptors (Lipinski definition) is 8. The predicted octanol–water partition coefficient (Wildman–Crippen LogP) is 3.68. The number of carbonyl (C=O) groups is 2. The second-order valence-electron chi connectivity index (χ2n) is 7.14. The lowest BCUT2D eigenvalue weighted by Gasteiger charge is -2.11. The van der Waals surface area contributed by atoms with E-state index in [1.54, 1.807) is 4.68 Å². The average Bonchev–Trinajstić information content (AvgIpc) is 3.41. The lowest BCUT2D eigenvalue weighted by atomic mass is 9.95. The summed E-state index contributed by atoms with van der Waals surface area (Å²) in [5, 5.41) is 15.8. The van der Waals surface area contributed by atoms with Gasteiger partial charge in [-0.2, -0.15) is 4.68 Å². The molecule has 0 saturated heterocycles. The Bertz CT molecular complexity index is 1090. The largest absolute Gasteiger partial charge is 0.465 e. The molecule has 0 radical (unpaired) electrons. The summed E-state index contributed by atoms with van der Waals surface area (Å²) in [6.45, 7) is 2.10. The zero-order chi connectivity index (χ0) is 21.8. The highest BCUT2D eigenvalue weighted by Crippen LogP contribution is 2.38. The van der Waals surface area contributed by atoms with Crippen molar-refractivity contribution in [3.05, 3.63) is 45.8 Å². The van der Waals surface area contributed by atoms with E-state index >= 15 is 0 Å². The van der Waals surface area contributed by atoms with Gasteiger partial charge in [0.05, 0.1) is 24.1 Å². The van der Waals surface area contributed by atoms with E-state index in [-0.39, 0.29) is 11.7 Å². The first-order valence-corrected chi connectivity index (χ1v) is 11.9. The van der Waals surface area contributed by atoms with Crippen molar-refractivity contribution in [1.82, 2.24) is 20.2 Å². The van der Waals surface area contributed by atoms with E-state index in [9.17, 15) is 9.59 Å². The second kappa shape index (κ2) is 9.61. The minimum absolute atomic E-state index is 0.122. The number of methoxy groups -OCH3 is 1. The average molecular weight is 458 g/mol. The Balaban J connectivity index is 1.46. The number of thioether (sulfide) groups is 1. The van der Waals surface area contributed by atoms with E-state index in [1.165, 1.54) is 35.8 Å². The highest BCUT2D eigenvalue weighted by Gasteiger charge is 2.27. The Labute approximate surface area is 188 Å². The van der Waals surface area contributed by atoms with Crippen molar-refractivity contribution in [2.75, 3.05) is 18.2 Å². The third-order valence-electron chi connectivity index (χ3n) is 5.18. The van der Waals surface area contributed by atoms with E-state index in [2.05, 4.69) is 27.8 Å². The van der Waals surface area contributed by atoms with Crippen molar-refractivity contribution >= 4 is 40.0 Å². The molecule has 0 bridgehead atoms. The summed E-state index contributed by atoms with van der Waals surface area (Å²) in [6.07, 6.45) is 4.86. The zero-order valence-corrected chi connectivity index (χ0v) is 19.0. The summed E-state index contributed by atoms with van der Waals surface area (Å²) < 4.78 is 6.58. The SMILES string of the molecule is CCc1ccc(-n2nnnc2SCC(=O)Nc2sc3c(c2C(=O)OC)CCCC3)cc1. The predicted molar refractivity (Wildman–Crippen MR) is 120 cm³/mol. The van der Waals surface area contributed by atoms with E-state index < -0.39 is 5.97 Å². The maximum atomic E-state index is 12.7. The molecule has 31 heavy (non-hydrogen) atoms. The molecule has 3 aromatic rings. The molecule has 0 fully saturated rings. The van der Waals surface area contributed by atoms with Crippen LogP contribution in [0, 0.1) is 0 Å². The van der Waals surface area contributed by atoms with Gasteiger partial charge >= 0.3 is 5.97 Å². The van der Waals surface area contributed by atoms with Crippen LogP contribution in [0.2, 0.25) is 0 Å². The first kappa shape index (κ1) is 21.5. The Morgan fingerprint density at radius 3 is 2.74 bits per heavy atom. The smallest absolute Gasteiger partial charge is 0.341 e. The number of aryl methyl sites for hydroxylation is 2. The molecule has 1 aliphatic carbocycles. The minimum Gasteiger partial charge on any atom is -0.465 e. The van der Waals surface area contributed by atoms with Crippen molar-refractivity contribution in [3.8, 4) is 5.69 Å². The van der Waals surface area contributed by atoms with Gasteiger partial charge in [-0.25, -0.2) is 4.79 Å². The topological polar surface area (TPSA) is 99.0 Å². The zero-order valence-electron chi connectivity index (χ0n) is 17.4. The summed E-state index contributed by atoms with van der Waals surface area (Å²) >= 11 is 2.72. The molecule has 8 nitrogen and oxygen atoms in total. The lowest BCUT2D eigenvalue weighted by Crippen LogP contribution is -2.17. The number of benzene rings is 1. The number of ether oxygens (including phenoxy) is 1. The van der Waals surface area contributed by atoms with Crippen LogP contribution in [-0.2, 0) is 28.8 Å². The maximum Gasteiger partial charge on any atom is 0.341 e. The monoisotopic (exact) mass is 457 g/mol. The summed E-state index contributed by atoms with van der Waals surface area (Å²) in [5.41, 5.74) is 3.58. The molecular weight excluding hydrogens is 434 g/mol. The first-order valence-electron chi connectivity index (χ1n) is 10.1. The third-order valence-corrected chi connectivity index (χ3v) is 7.30. The standard InChI is InChI=1S/C21H23N5O3S2/c1-3-13-8-10-14(11-9-13)26-21(23-24-25-26)30-12-17(27)22-19-18(20(28)29-2)15-6-4-5-7-16(15)31-19/h8-11H,3-7,12H2,1-2H3,(H,22,27). The van der Waals surface area contributed by atoms with Gasteiger partial charge in [0.1, 0.15) is 5.00 Å². The number of aromatic nitrogens is 4. The van der Waals surface area contributed by atoms with Gasteiger partial charge in [0.25, 0.3) is 0 Å². The maximum absolute atomic E-state index is 12.7. The van der Waals surface area contributed by atoms with Gasteiger partial charge in [-0.05, 0) is 65.8 Å². The van der Waals surface area contributed by atoms with Crippen molar-refractivity contribution in [1.29, 1.82) is 0 Å². The number of nitrogens with one attached hydrogen (secondary N) is 1. The summed E-state index contributed by atoms with van der Waals surface area (Å²) in [7, 11) is 1.36. The van der Waals surface area contributed by atoms with Gasteiger partial charge in [0, 0.05) is 4.88 Å². The minimum atomic E-state index is -0.401. The van der Waals surface area contributed by atoms with E-state index in [1.807, 2.05) is 24.3 Å². The summed E-state index contributed by atoms with van der Waals surface area (Å²) in [6, 6.07) is 7.98. The normalized spacial score (nSPS) is 13.0. The highest BCUT2D eigenvalue weighted by molar-refractivity contribution is 7.99. The molecule has 0 atom stereocenters. The van der Waals surface area contributed by atoms with Crippen LogP contribution in [0.4, 0.5) is 5.00 Å². The van der Waals surface area contributed by atoms with Crippen molar-refractivity contribution < 1.29 is 14.3 Å². The van der Waals surface area contributed by atoms with Crippen LogP contribution in [0.5, 0.6) is 0 Å². The number of tetrazole rings is 1. The first-order chi connectivity index (χ1) is 15.1. The Kier molecular flexibility index (Phi) is 6.67. The Morgan fingerprint density at radius 1 is 1.23 bits per heavy atom. The van der Waals surface area contributed by atoms with Gasteiger partial charge in [-0.1, -0.05) is 30.8 Å². The summed E-state index contributed by atoms with van der Waals surface area (Å²) in [4.78, 5) is 26.2. The van der Waals surface area contributed by atoms with E-state index in [4.69, 9.17) is 4.74 Å². The van der Waals surface area contributed by atoms with Crippen LogP contribution in [0.15, 0.2) is 29.4 Å². The van der Waals surface area contributed by atoms with Gasteiger partial charge in [-0.3, -0.25) is 4.79 Å². The number of fused-ring (bicyclic) bond motifs is 1. The van der Waals surface area contributed by atoms with Crippen LogP contribution in [0.1, 0.15) is 46.1 Å². The fraction of sp³-hybridized carbons (Fsp3) is 0.381. The third kappa shape index (κ3) is 4.64. The second-order valence-corrected chi connectivity index (χ2v) is 9.18. The highest BCUT2D eigenvalue weighted by atomic mass is 32.2. The molecule has 0 saturated carbocycles. The Hall–Kier alpha value is -2.72. The van der Waals surface area contributed by atoms with E-state index in [0.29, 0.717) is 15.7 Å². The number of hydrogen-bond donors (Lipinski definition) is 1. The molecule has 1 aromatic carbocycles. The summed E-state index contributed by atoms with van der Waals surface area (Å²) in [5.74, 6) is -0.497.